The molecule has 2 N–H and O–H groups in total. The highest BCUT2D eigenvalue weighted by molar-refractivity contribution is 5.95. The maximum atomic E-state index is 13.2. The van der Waals surface area contributed by atoms with Crippen molar-refractivity contribution >= 4 is 11.6 Å². The summed E-state index contributed by atoms with van der Waals surface area (Å²) in [6.45, 7) is 1.96. The minimum Gasteiger partial charge on any atom is -0.505 e. The van der Waals surface area contributed by atoms with E-state index in [0.717, 1.165) is 31.7 Å². The summed E-state index contributed by atoms with van der Waals surface area (Å²) in [5, 5.41) is 11.8. The first-order valence-corrected chi connectivity index (χ1v) is 6.31. The van der Waals surface area contributed by atoms with Crippen molar-refractivity contribution in [1.29, 1.82) is 0 Å². The smallest absolute Gasteiger partial charge is 0.230 e. The van der Waals surface area contributed by atoms with Gasteiger partial charge in [0.2, 0.25) is 5.91 Å². The van der Waals surface area contributed by atoms with Crippen LogP contribution in [0.2, 0.25) is 0 Å². The van der Waals surface area contributed by atoms with Gasteiger partial charge in [0.1, 0.15) is 0 Å². The number of rotatable bonds is 2. The molecule has 0 radical (unpaired) electrons. The molecule has 1 aromatic rings. The fourth-order valence-corrected chi connectivity index (χ4v) is 2.43. The van der Waals surface area contributed by atoms with Crippen molar-refractivity contribution in [3.63, 3.8) is 0 Å². The second-order valence-corrected chi connectivity index (χ2v) is 5.24. The average molecular weight is 251 g/mol. The van der Waals surface area contributed by atoms with Gasteiger partial charge < -0.3 is 10.4 Å². The van der Waals surface area contributed by atoms with Gasteiger partial charge in [-0.05, 0) is 25.0 Å². The van der Waals surface area contributed by atoms with Crippen LogP contribution in [0.3, 0.4) is 0 Å². The Kier molecular flexibility index (Phi) is 3.55. The van der Waals surface area contributed by atoms with E-state index in [9.17, 15) is 9.18 Å². The van der Waals surface area contributed by atoms with Crippen LogP contribution in [-0.4, -0.2) is 11.0 Å². The van der Waals surface area contributed by atoms with Crippen LogP contribution in [0.1, 0.15) is 39.0 Å². The van der Waals surface area contributed by atoms with E-state index in [4.69, 9.17) is 5.11 Å². The van der Waals surface area contributed by atoms with Crippen molar-refractivity contribution in [3.05, 3.63) is 24.0 Å². The van der Waals surface area contributed by atoms with Crippen LogP contribution in [-0.2, 0) is 4.79 Å². The molecule has 2 rings (SSSR count). The summed E-state index contributed by atoms with van der Waals surface area (Å²) in [6, 6.07) is 3.88. The fraction of sp³-hybridized carbons (Fsp3) is 0.500. The van der Waals surface area contributed by atoms with Gasteiger partial charge in [-0.2, -0.15) is 0 Å². The highest BCUT2D eigenvalue weighted by Gasteiger charge is 2.34. The summed E-state index contributed by atoms with van der Waals surface area (Å²) in [4.78, 5) is 12.2. The largest absolute Gasteiger partial charge is 0.505 e. The van der Waals surface area contributed by atoms with Crippen LogP contribution in [0.15, 0.2) is 18.2 Å². The molecule has 0 atom stereocenters. The summed E-state index contributed by atoms with van der Waals surface area (Å²) in [6.07, 6.45) is 5.05. The number of benzene rings is 1. The van der Waals surface area contributed by atoms with Crippen LogP contribution in [0.5, 0.6) is 5.75 Å². The van der Waals surface area contributed by atoms with E-state index in [1.807, 2.05) is 6.92 Å². The Morgan fingerprint density at radius 3 is 2.61 bits per heavy atom. The number of amides is 1. The van der Waals surface area contributed by atoms with Crippen molar-refractivity contribution < 1.29 is 14.3 Å². The standard InChI is InChI=1S/C14H18FNO2/c1-14(7-3-2-4-8-14)13(18)16-10-5-6-12(17)11(15)9-10/h5-6,9,17H,2-4,7-8H2,1H3,(H,16,18). The zero-order chi connectivity index (χ0) is 13.2. The molecule has 1 amide bonds. The molecule has 98 valence electrons. The van der Waals surface area contributed by atoms with Crippen molar-refractivity contribution in [2.24, 2.45) is 5.41 Å². The Labute approximate surface area is 106 Å². The lowest BCUT2D eigenvalue weighted by Crippen LogP contribution is -2.35. The lowest BCUT2D eigenvalue weighted by molar-refractivity contribution is -0.126. The zero-order valence-corrected chi connectivity index (χ0v) is 10.5. The third kappa shape index (κ3) is 2.63. The summed E-state index contributed by atoms with van der Waals surface area (Å²) in [5.41, 5.74) is 0.0363. The number of carbonyl (C=O) groups is 1. The quantitative estimate of drug-likeness (QED) is 0.791. The molecule has 18 heavy (non-hydrogen) atoms. The van der Waals surface area contributed by atoms with Gasteiger partial charge in [-0.25, -0.2) is 4.39 Å². The van der Waals surface area contributed by atoms with E-state index < -0.39 is 11.6 Å². The molecule has 1 aliphatic rings. The predicted octanol–water partition coefficient (Wildman–Crippen LogP) is 3.44. The first-order chi connectivity index (χ1) is 8.51. The molecule has 0 aromatic heterocycles. The van der Waals surface area contributed by atoms with Gasteiger partial charge in [0.05, 0.1) is 0 Å². The third-order valence-electron chi connectivity index (χ3n) is 3.71. The number of aromatic hydroxyl groups is 1. The normalized spacial score (nSPS) is 18.3. The molecule has 0 unspecified atom stereocenters. The number of hydrogen-bond acceptors (Lipinski definition) is 2. The Hall–Kier alpha value is -1.58. The van der Waals surface area contributed by atoms with Gasteiger partial charge in [-0.3, -0.25) is 4.79 Å². The van der Waals surface area contributed by atoms with Gasteiger partial charge >= 0.3 is 0 Å². The Balaban J connectivity index is 2.08. The molecule has 0 spiro atoms. The second kappa shape index (κ2) is 4.96. The highest BCUT2D eigenvalue weighted by Crippen LogP contribution is 2.36. The van der Waals surface area contributed by atoms with E-state index in [2.05, 4.69) is 5.32 Å². The van der Waals surface area contributed by atoms with Crippen molar-refractivity contribution in [2.45, 2.75) is 39.0 Å². The van der Waals surface area contributed by atoms with Crippen LogP contribution in [0, 0.1) is 11.2 Å². The fourth-order valence-electron chi connectivity index (χ4n) is 2.43. The van der Waals surface area contributed by atoms with Gasteiger partial charge in [0.15, 0.2) is 11.6 Å². The van der Waals surface area contributed by atoms with E-state index in [0.29, 0.717) is 5.69 Å². The summed E-state index contributed by atoms with van der Waals surface area (Å²) < 4.78 is 13.2. The maximum absolute atomic E-state index is 13.2. The first-order valence-electron chi connectivity index (χ1n) is 6.31. The van der Waals surface area contributed by atoms with E-state index in [1.165, 1.54) is 18.6 Å². The molecular formula is C14H18FNO2. The van der Waals surface area contributed by atoms with Crippen LogP contribution >= 0.6 is 0 Å². The number of phenolic OH excluding ortho intramolecular Hbond substituents is 1. The van der Waals surface area contributed by atoms with Crippen molar-refractivity contribution in [1.82, 2.24) is 0 Å². The van der Waals surface area contributed by atoms with Gasteiger partial charge in [-0.15, -0.1) is 0 Å². The zero-order valence-electron chi connectivity index (χ0n) is 10.5. The third-order valence-corrected chi connectivity index (χ3v) is 3.71. The molecule has 1 fully saturated rings. The minimum absolute atomic E-state index is 0.0627. The monoisotopic (exact) mass is 251 g/mol. The molecule has 0 saturated heterocycles. The number of phenols is 1. The number of carbonyl (C=O) groups excluding carboxylic acids is 1. The molecule has 0 aliphatic heterocycles. The van der Waals surface area contributed by atoms with E-state index in [1.54, 1.807) is 0 Å². The number of anilines is 1. The molecular weight excluding hydrogens is 233 g/mol. The summed E-state index contributed by atoms with van der Waals surface area (Å²) in [7, 11) is 0. The molecule has 0 heterocycles. The summed E-state index contributed by atoms with van der Waals surface area (Å²) >= 11 is 0. The summed E-state index contributed by atoms with van der Waals surface area (Å²) in [5.74, 6) is -1.19. The number of hydrogen-bond donors (Lipinski definition) is 2. The van der Waals surface area contributed by atoms with Gasteiger partial charge in [0, 0.05) is 17.2 Å². The van der Waals surface area contributed by atoms with Gasteiger partial charge in [0.25, 0.3) is 0 Å². The van der Waals surface area contributed by atoms with Gasteiger partial charge in [-0.1, -0.05) is 26.2 Å². The number of nitrogens with one attached hydrogen (secondary N) is 1. The Morgan fingerprint density at radius 1 is 1.33 bits per heavy atom. The molecule has 0 bridgehead atoms. The van der Waals surface area contributed by atoms with Crippen molar-refractivity contribution in [2.75, 3.05) is 5.32 Å². The highest BCUT2D eigenvalue weighted by atomic mass is 19.1. The molecule has 1 aliphatic carbocycles. The van der Waals surface area contributed by atoms with Crippen LogP contribution in [0.25, 0.3) is 0 Å². The van der Waals surface area contributed by atoms with Crippen LogP contribution in [0.4, 0.5) is 10.1 Å². The molecule has 1 aromatic carbocycles. The van der Waals surface area contributed by atoms with E-state index in [-0.39, 0.29) is 11.3 Å². The second-order valence-electron chi connectivity index (χ2n) is 5.24. The lowest BCUT2D eigenvalue weighted by atomic mass is 9.75. The topological polar surface area (TPSA) is 49.3 Å². The molecule has 1 saturated carbocycles. The molecule has 4 heteroatoms. The van der Waals surface area contributed by atoms with Crippen LogP contribution < -0.4 is 5.32 Å². The average Bonchev–Trinajstić information content (AvgIpc) is 2.35. The maximum Gasteiger partial charge on any atom is 0.230 e. The van der Waals surface area contributed by atoms with E-state index >= 15 is 0 Å². The Morgan fingerprint density at radius 2 is 2.00 bits per heavy atom. The molecule has 3 nitrogen and oxygen atoms in total. The predicted molar refractivity (Wildman–Crippen MR) is 67.9 cm³/mol. The minimum atomic E-state index is -0.721. The Bertz CT molecular complexity index is 453. The van der Waals surface area contributed by atoms with Crippen molar-refractivity contribution in [3.8, 4) is 5.75 Å². The first kappa shape index (κ1) is 12.9. The lowest BCUT2D eigenvalue weighted by Gasteiger charge is -2.32. The number of halogens is 1. The SMILES string of the molecule is CC1(C(=O)Nc2ccc(O)c(F)c2)CCCCC1.